The zero-order valence-corrected chi connectivity index (χ0v) is 19.3. The highest BCUT2D eigenvalue weighted by atomic mass is 79.9. The van der Waals surface area contributed by atoms with Crippen LogP contribution in [0, 0.1) is 6.92 Å². The van der Waals surface area contributed by atoms with Crippen molar-refractivity contribution in [3.8, 4) is 0 Å². The number of rotatable bonds is 5. The summed E-state index contributed by atoms with van der Waals surface area (Å²) in [4.78, 5) is 27.3. The van der Waals surface area contributed by atoms with Gasteiger partial charge >= 0.3 is 0 Å². The molecule has 1 aromatic carbocycles. The minimum Gasteiger partial charge on any atom is -0.332 e. The molecule has 1 unspecified atom stereocenters. The number of halogens is 1. The summed E-state index contributed by atoms with van der Waals surface area (Å²) in [6.45, 7) is 1.91. The van der Waals surface area contributed by atoms with Gasteiger partial charge in [0.1, 0.15) is 5.82 Å². The van der Waals surface area contributed by atoms with E-state index in [1.165, 1.54) is 27.4 Å². The number of fused-ring (bicyclic) bond motifs is 1. The Bertz CT molecular complexity index is 1090. The lowest BCUT2D eigenvalue weighted by molar-refractivity contribution is -0.116. The summed E-state index contributed by atoms with van der Waals surface area (Å²) >= 11 is 4.72. The Labute approximate surface area is 188 Å². The Morgan fingerprint density at radius 2 is 2.10 bits per heavy atom. The molecule has 0 aliphatic heterocycles. The molecular formula is C22H23BrN4O2S. The Kier molecular flexibility index (Phi) is 6.06. The summed E-state index contributed by atoms with van der Waals surface area (Å²) in [6.07, 6.45) is 4.92. The lowest BCUT2D eigenvalue weighted by Gasteiger charge is -2.27. The predicted molar refractivity (Wildman–Crippen MR) is 122 cm³/mol. The largest absolute Gasteiger partial charge is 0.332 e. The first-order chi connectivity index (χ1) is 14.4. The molecule has 3 aromatic rings. The molecule has 1 aliphatic carbocycles. The quantitative estimate of drug-likeness (QED) is 0.570. The smallest absolute Gasteiger partial charge is 0.264 e. The summed E-state index contributed by atoms with van der Waals surface area (Å²) < 4.78 is 2.81. The van der Waals surface area contributed by atoms with E-state index in [9.17, 15) is 9.59 Å². The van der Waals surface area contributed by atoms with Gasteiger partial charge in [-0.15, -0.1) is 11.3 Å². The Morgan fingerprint density at radius 1 is 1.30 bits per heavy atom. The Morgan fingerprint density at radius 3 is 2.87 bits per heavy atom. The van der Waals surface area contributed by atoms with E-state index in [-0.39, 0.29) is 24.4 Å². The number of carbonyl (C=O) groups excluding carboxylic acids is 2. The molecule has 8 heteroatoms. The third kappa shape index (κ3) is 4.20. The van der Waals surface area contributed by atoms with Crippen molar-refractivity contribution in [3.05, 3.63) is 67.9 Å². The van der Waals surface area contributed by atoms with Crippen LogP contribution in [0.3, 0.4) is 0 Å². The molecule has 6 nitrogen and oxygen atoms in total. The van der Waals surface area contributed by atoms with E-state index in [0.717, 1.165) is 28.6 Å². The molecule has 2 aromatic heterocycles. The third-order valence-corrected chi connectivity index (χ3v) is 6.99. The molecule has 0 radical (unpaired) electrons. The van der Waals surface area contributed by atoms with Gasteiger partial charge in [-0.2, -0.15) is 5.10 Å². The van der Waals surface area contributed by atoms with Gasteiger partial charge in [-0.1, -0.05) is 24.3 Å². The molecule has 4 rings (SSSR count). The fourth-order valence-electron chi connectivity index (χ4n) is 3.90. The number of amides is 2. The lowest BCUT2D eigenvalue weighted by Crippen LogP contribution is -2.35. The van der Waals surface area contributed by atoms with Gasteiger partial charge in [0.25, 0.3) is 5.91 Å². The molecule has 1 atom stereocenters. The number of likely N-dealkylation sites (N-methyl/N-ethyl adjacent to an activating group) is 1. The van der Waals surface area contributed by atoms with Crippen molar-refractivity contribution in [2.45, 2.75) is 32.2 Å². The molecule has 0 saturated heterocycles. The fraction of sp³-hybridized carbons (Fsp3) is 0.318. The lowest BCUT2D eigenvalue weighted by atomic mass is 9.88. The summed E-state index contributed by atoms with van der Waals surface area (Å²) in [6, 6.07) is 12.1. The number of hydrogen-bond acceptors (Lipinski definition) is 4. The van der Waals surface area contributed by atoms with Crippen LogP contribution in [0.15, 0.2) is 46.4 Å². The minimum absolute atomic E-state index is 0.0276. The van der Waals surface area contributed by atoms with E-state index >= 15 is 0 Å². The van der Waals surface area contributed by atoms with Crippen molar-refractivity contribution >= 4 is 44.9 Å². The van der Waals surface area contributed by atoms with Gasteiger partial charge in [0.2, 0.25) is 5.91 Å². The van der Waals surface area contributed by atoms with Gasteiger partial charge in [0.05, 0.1) is 27.4 Å². The van der Waals surface area contributed by atoms with Gasteiger partial charge in [-0.25, -0.2) is 4.68 Å². The highest BCUT2D eigenvalue weighted by Crippen LogP contribution is 2.35. The number of benzene rings is 1. The number of aryl methyl sites for hydroxylation is 2. The summed E-state index contributed by atoms with van der Waals surface area (Å²) in [5.74, 6) is 0.282. The average Bonchev–Trinajstić information content (AvgIpc) is 3.33. The van der Waals surface area contributed by atoms with Gasteiger partial charge in [0.15, 0.2) is 0 Å². The Hall–Kier alpha value is -2.45. The second kappa shape index (κ2) is 8.73. The van der Waals surface area contributed by atoms with E-state index in [1.807, 2.05) is 17.7 Å². The molecule has 30 heavy (non-hydrogen) atoms. The second-order valence-corrected chi connectivity index (χ2v) is 10.0. The van der Waals surface area contributed by atoms with E-state index in [4.69, 9.17) is 0 Å². The molecule has 1 N–H and O–H groups in total. The molecule has 156 valence electrons. The first-order valence-electron chi connectivity index (χ1n) is 9.86. The van der Waals surface area contributed by atoms with Crippen molar-refractivity contribution in [3.63, 3.8) is 0 Å². The highest BCUT2D eigenvalue weighted by molar-refractivity contribution is 9.11. The van der Waals surface area contributed by atoms with Crippen LogP contribution >= 0.6 is 27.3 Å². The first kappa shape index (κ1) is 20.8. The molecule has 1 aliphatic rings. The number of anilines is 1. The maximum atomic E-state index is 12.7. The molecule has 2 amide bonds. The van der Waals surface area contributed by atoms with Gasteiger partial charge < -0.3 is 10.2 Å². The highest BCUT2D eigenvalue weighted by Gasteiger charge is 2.26. The SMILES string of the molecule is Cc1cnn(C2CCCc3ccccc32)c1NC(=O)CN(C)C(=O)c1ccc(Br)s1. The van der Waals surface area contributed by atoms with Crippen molar-refractivity contribution in [2.24, 2.45) is 0 Å². The van der Waals surface area contributed by atoms with Crippen LogP contribution in [0.4, 0.5) is 5.82 Å². The number of nitrogens with one attached hydrogen (secondary N) is 1. The van der Waals surface area contributed by atoms with E-state index in [2.05, 4.69) is 50.6 Å². The normalized spacial score (nSPS) is 15.5. The van der Waals surface area contributed by atoms with Crippen molar-refractivity contribution in [1.29, 1.82) is 0 Å². The number of hydrogen-bond donors (Lipinski definition) is 1. The Balaban J connectivity index is 1.50. The molecule has 0 fully saturated rings. The van der Waals surface area contributed by atoms with Gasteiger partial charge in [-0.05, 0) is 65.4 Å². The van der Waals surface area contributed by atoms with Crippen molar-refractivity contribution in [1.82, 2.24) is 14.7 Å². The molecular weight excluding hydrogens is 464 g/mol. The predicted octanol–water partition coefficient (Wildman–Crippen LogP) is 4.65. The molecule has 0 saturated carbocycles. The van der Waals surface area contributed by atoms with Crippen LogP contribution in [0.25, 0.3) is 0 Å². The number of aromatic nitrogens is 2. The van der Waals surface area contributed by atoms with E-state index in [1.54, 1.807) is 19.3 Å². The van der Waals surface area contributed by atoms with E-state index in [0.29, 0.717) is 10.7 Å². The summed E-state index contributed by atoms with van der Waals surface area (Å²) in [5.41, 5.74) is 3.51. The second-order valence-electron chi connectivity index (χ2n) is 7.54. The van der Waals surface area contributed by atoms with Crippen LogP contribution in [0.5, 0.6) is 0 Å². The summed E-state index contributed by atoms with van der Waals surface area (Å²) in [7, 11) is 1.64. The van der Waals surface area contributed by atoms with Crippen molar-refractivity contribution in [2.75, 3.05) is 18.9 Å². The van der Waals surface area contributed by atoms with Crippen LogP contribution in [-0.4, -0.2) is 40.1 Å². The fourth-order valence-corrected chi connectivity index (χ4v) is 5.28. The molecule has 2 heterocycles. The molecule has 0 spiro atoms. The maximum Gasteiger partial charge on any atom is 0.264 e. The number of carbonyl (C=O) groups is 2. The zero-order chi connectivity index (χ0) is 21.3. The summed E-state index contributed by atoms with van der Waals surface area (Å²) in [5, 5.41) is 7.56. The van der Waals surface area contributed by atoms with E-state index < -0.39 is 0 Å². The van der Waals surface area contributed by atoms with Crippen molar-refractivity contribution < 1.29 is 9.59 Å². The third-order valence-electron chi connectivity index (χ3n) is 5.38. The van der Waals surface area contributed by atoms with Gasteiger partial charge in [0, 0.05) is 12.6 Å². The zero-order valence-electron chi connectivity index (χ0n) is 16.9. The average molecular weight is 487 g/mol. The topological polar surface area (TPSA) is 67.2 Å². The number of nitrogens with zero attached hydrogens (tertiary/aromatic N) is 3. The van der Waals surface area contributed by atoms with Gasteiger partial charge in [-0.3, -0.25) is 9.59 Å². The number of thiophene rings is 1. The minimum atomic E-state index is -0.240. The first-order valence-corrected chi connectivity index (χ1v) is 11.5. The monoisotopic (exact) mass is 486 g/mol. The van der Waals surface area contributed by atoms with Crippen LogP contribution in [-0.2, 0) is 11.2 Å². The standard InChI is InChI=1S/C22H23BrN4O2S/c1-14-12-24-27(17-9-5-7-15-6-3-4-8-16(15)17)21(14)25-20(28)13-26(2)22(29)18-10-11-19(23)30-18/h3-4,6,8,10-12,17H,5,7,9,13H2,1-2H3,(H,25,28). The van der Waals surface area contributed by atoms with Crippen LogP contribution in [0.1, 0.15) is 45.2 Å². The maximum absolute atomic E-state index is 12.7. The van der Waals surface area contributed by atoms with Crippen LogP contribution < -0.4 is 5.32 Å². The van der Waals surface area contributed by atoms with Crippen LogP contribution in [0.2, 0.25) is 0 Å². The molecule has 0 bridgehead atoms.